The van der Waals surface area contributed by atoms with Crippen LogP contribution in [0, 0.1) is 0 Å². The van der Waals surface area contributed by atoms with E-state index in [0.29, 0.717) is 6.04 Å². The molecule has 0 amide bonds. The maximum atomic E-state index is 5.07. The Morgan fingerprint density at radius 2 is 2.40 bits per heavy atom. The minimum atomic E-state index is 0.697. The monoisotopic (exact) mass is 206 g/mol. The third-order valence-electron chi connectivity index (χ3n) is 3.75. The molecule has 2 aliphatic heterocycles. The van der Waals surface area contributed by atoms with Gasteiger partial charge >= 0.3 is 0 Å². The third-order valence-corrected chi connectivity index (χ3v) is 3.75. The Morgan fingerprint density at radius 3 is 3.27 bits per heavy atom. The van der Waals surface area contributed by atoms with Crippen molar-refractivity contribution < 1.29 is 4.42 Å². The lowest BCUT2D eigenvalue weighted by Crippen LogP contribution is -2.38. The molecule has 3 rings (SSSR count). The summed E-state index contributed by atoms with van der Waals surface area (Å²) in [7, 11) is 0. The molecule has 2 aliphatic rings. The van der Waals surface area contributed by atoms with Gasteiger partial charge in [0.05, 0.1) is 12.5 Å². The third kappa shape index (κ3) is 1.82. The second kappa shape index (κ2) is 3.99. The molecule has 2 saturated heterocycles. The van der Waals surface area contributed by atoms with E-state index in [4.69, 9.17) is 4.42 Å². The van der Waals surface area contributed by atoms with Crippen molar-refractivity contribution in [3.8, 4) is 0 Å². The molecule has 1 aromatic rings. The molecule has 2 atom stereocenters. The molecule has 1 aromatic heterocycles. The fourth-order valence-corrected chi connectivity index (χ4v) is 2.96. The van der Waals surface area contributed by atoms with Crippen LogP contribution in [0.2, 0.25) is 0 Å². The van der Waals surface area contributed by atoms with Crippen LogP contribution in [0.3, 0.4) is 0 Å². The summed E-state index contributed by atoms with van der Waals surface area (Å²) in [5, 5.41) is 3.65. The Balaban J connectivity index is 1.55. The van der Waals surface area contributed by atoms with Crippen LogP contribution >= 0.6 is 0 Å². The van der Waals surface area contributed by atoms with Gasteiger partial charge in [0.1, 0.15) is 0 Å². The van der Waals surface area contributed by atoms with Crippen LogP contribution < -0.4 is 5.32 Å². The van der Waals surface area contributed by atoms with Gasteiger partial charge in [0, 0.05) is 30.7 Å². The van der Waals surface area contributed by atoms with Crippen LogP contribution in [0.15, 0.2) is 23.0 Å². The molecule has 0 aromatic carbocycles. The minimum absolute atomic E-state index is 0.697. The molecule has 2 unspecified atom stereocenters. The lowest BCUT2D eigenvalue weighted by Gasteiger charge is -2.20. The van der Waals surface area contributed by atoms with Crippen molar-refractivity contribution >= 4 is 0 Å². The molecule has 1 N–H and O–H groups in total. The number of rotatable bonds is 3. The van der Waals surface area contributed by atoms with Gasteiger partial charge in [-0.3, -0.25) is 4.90 Å². The van der Waals surface area contributed by atoms with Gasteiger partial charge in [0.25, 0.3) is 0 Å². The molecule has 82 valence electrons. The van der Waals surface area contributed by atoms with E-state index in [0.717, 1.165) is 12.6 Å². The van der Waals surface area contributed by atoms with Gasteiger partial charge in [-0.25, -0.2) is 0 Å². The van der Waals surface area contributed by atoms with Crippen LogP contribution in [-0.2, 0) is 6.54 Å². The molecule has 0 saturated carbocycles. The molecular weight excluding hydrogens is 188 g/mol. The predicted molar refractivity (Wildman–Crippen MR) is 58.5 cm³/mol. The van der Waals surface area contributed by atoms with Gasteiger partial charge in [-0.2, -0.15) is 0 Å². The molecule has 15 heavy (non-hydrogen) atoms. The highest BCUT2D eigenvalue weighted by atomic mass is 16.3. The first-order valence-corrected chi connectivity index (χ1v) is 5.92. The normalized spacial score (nSPS) is 30.9. The summed E-state index contributed by atoms with van der Waals surface area (Å²) in [5.41, 5.74) is 1.26. The topological polar surface area (TPSA) is 28.4 Å². The number of nitrogens with zero attached hydrogens (tertiary/aromatic N) is 1. The SMILES string of the molecule is c1cc(CNC2CCN3CCCC23)co1. The van der Waals surface area contributed by atoms with Crippen LogP contribution in [0.1, 0.15) is 24.8 Å². The highest BCUT2D eigenvalue weighted by molar-refractivity contribution is 5.06. The minimum Gasteiger partial charge on any atom is -0.472 e. The fraction of sp³-hybridized carbons (Fsp3) is 0.667. The zero-order valence-electron chi connectivity index (χ0n) is 8.98. The fourth-order valence-electron chi connectivity index (χ4n) is 2.96. The maximum absolute atomic E-state index is 5.07. The van der Waals surface area contributed by atoms with Crippen molar-refractivity contribution in [3.05, 3.63) is 24.2 Å². The first-order chi connectivity index (χ1) is 7.43. The van der Waals surface area contributed by atoms with Gasteiger partial charge in [0.15, 0.2) is 0 Å². The largest absolute Gasteiger partial charge is 0.472 e. The standard InChI is InChI=1S/C12H18N2O/c1-2-12-11(3-6-14(12)5-1)13-8-10-4-7-15-9-10/h4,7,9,11-13H,1-3,5-6,8H2. The Labute approximate surface area is 90.4 Å². The predicted octanol–water partition coefficient (Wildman–Crippen LogP) is 1.61. The number of hydrogen-bond acceptors (Lipinski definition) is 3. The summed E-state index contributed by atoms with van der Waals surface area (Å²) in [6, 6.07) is 3.54. The zero-order valence-corrected chi connectivity index (χ0v) is 8.98. The summed E-state index contributed by atoms with van der Waals surface area (Å²) < 4.78 is 5.07. The highest BCUT2D eigenvalue weighted by Gasteiger charge is 2.36. The number of fused-ring (bicyclic) bond motifs is 1. The molecule has 2 fully saturated rings. The number of nitrogens with one attached hydrogen (secondary N) is 1. The molecule has 0 bridgehead atoms. The van der Waals surface area contributed by atoms with Crippen LogP contribution in [0.4, 0.5) is 0 Å². The van der Waals surface area contributed by atoms with Gasteiger partial charge < -0.3 is 9.73 Å². The molecule has 3 heterocycles. The van der Waals surface area contributed by atoms with E-state index in [9.17, 15) is 0 Å². The average Bonchev–Trinajstić information content (AvgIpc) is 2.93. The summed E-state index contributed by atoms with van der Waals surface area (Å²) in [4.78, 5) is 2.63. The molecular formula is C12H18N2O. The van der Waals surface area contributed by atoms with Crippen LogP contribution in [0.25, 0.3) is 0 Å². The zero-order chi connectivity index (χ0) is 10.1. The lowest BCUT2D eigenvalue weighted by molar-refractivity contribution is 0.298. The van der Waals surface area contributed by atoms with Crippen molar-refractivity contribution in [2.45, 2.75) is 37.9 Å². The van der Waals surface area contributed by atoms with E-state index in [1.165, 1.54) is 37.9 Å². The highest BCUT2D eigenvalue weighted by Crippen LogP contribution is 2.27. The molecule has 3 nitrogen and oxygen atoms in total. The van der Waals surface area contributed by atoms with Gasteiger partial charge in [-0.05, 0) is 31.9 Å². The van der Waals surface area contributed by atoms with E-state index >= 15 is 0 Å². The Morgan fingerprint density at radius 1 is 1.40 bits per heavy atom. The van der Waals surface area contributed by atoms with Crippen molar-refractivity contribution in [1.82, 2.24) is 10.2 Å². The quantitative estimate of drug-likeness (QED) is 0.814. The van der Waals surface area contributed by atoms with Crippen LogP contribution in [-0.4, -0.2) is 30.1 Å². The smallest absolute Gasteiger partial charge is 0.0947 e. The summed E-state index contributed by atoms with van der Waals surface area (Å²) >= 11 is 0. The first kappa shape index (κ1) is 9.43. The molecule has 0 spiro atoms. The number of hydrogen-bond donors (Lipinski definition) is 1. The summed E-state index contributed by atoms with van der Waals surface area (Å²) in [5.74, 6) is 0. The second-order valence-electron chi connectivity index (χ2n) is 4.65. The summed E-state index contributed by atoms with van der Waals surface area (Å²) in [6.07, 6.45) is 7.64. The lowest BCUT2D eigenvalue weighted by atomic mass is 10.1. The number of furan rings is 1. The van der Waals surface area contributed by atoms with E-state index in [1.54, 1.807) is 6.26 Å². The van der Waals surface area contributed by atoms with Gasteiger partial charge in [0.2, 0.25) is 0 Å². The van der Waals surface area contributed by atoms with E-state index in [2.05, 4.69) is 10.2 Å². The van der Waals surface area contributed by atoms with Gasteiger partial charge in [-0.15, -0.1) is 0 Å². The molecule has 3 heteroatoms. The van der Waals surface area contributed by atoms with Crippen LogP contribution in [0.5, 0.6) is 0 Å². The Hall–Kier alpha value is -0.800. The van der Waals surface area contributed by atoms with E-state index in [1.807, 2.05) is 12.3 Å². The second-order valence-corrected chi connectivity index (χ2v) is 4.65. The van der Waals surface area contributed by atoms with E-state index in [-0.39, 0.29) is 0 Å². The van der Waals surface area contributed by atoms with Crippen molar-refractivity contribution in [3.63, 3.8) is 0 Å². The summed E-state index contributed by atoms with van der Waals surface area (Å²) in [6.45, 7) is 3.55. The Kier molecular flexibility index (Phi) is 2.51. The maximum Gasteiger partial charge on any atom is 0.0947 e. The molecule has 0 radical (unpaired) electrons. The van der Waals surface area contributed by atoms with Crippen molar-refractivity contribution in [2.75, 3.05) is 13.1 Å². The van der Waals surface area contributed by atoms with Crippen molar-refractivity contribution in [1.29, 1.82) is 0 Å². The van der Waals surface area contributed by atoms with Crippen molar-refractivity contribution in [2.24, 2.45) is 0 Å². The first-order valence-electron chi connectivity index (χ1n) is 5.92. The average molecular weight is 206 g/mol. The van der Waals surface area contributed by atoms with E-state index < -0.39 is 0 Å². The van der Waals surface area contributed by atoms with Gasteiger partial charge in [-0.1, -0.05) is 0 Å². The molecule has 0 aliphatic carbocycles. The Bertz CT molecular complexity index is 309.